The smallest absolute Gasteiger partial charge is 0.226 e. The van der Waals surface area contributed by atoms with Crippen molar-refractivity contribution in [2.24, 2.45) is 7.05 Å². The number of aryl methyl sites for hydroxylation is 2. The lowest BCUT2D eigenvalue weighted by molar-refractivity contribution is 0.611. The fraction of sp³-hybridized carbons (Fsp3) is 0.214. The Kier molecular flexibility index (Phi) is 3.47. The zero-order valence-corrected chi connectivity index (χ0v) is 12.3. The molecule has 0 aliphatic heterocycles. The van der Waals surface area contributed by atoms with Crippen molar-refractivity contribution in [1.29, 1.82) is 0 Å². The van der Waals surface area contributed by atoms with E-state index in [0.717, 1.165) is 11.1 Å². The van der Waals surface area contributed by atoms with Gasteiger partial charge in [-0.15, -0.1) is 0 Å². The third-order valence-corrected chi connectivity index (χ3v) is 3.37. The summed E-state index contributed by atoms with van der Waals surface area (Å²) < 4.78 is 15.6. The van der Waals surface area contributed by atoms with E-state index in [1.165, 1.54) is 6.07 Å². The van der Waals surface area contributed by atoms with Crippen LogP contribution in [0.2, 0.25) is 5.28 Å². The lowest BCUT2D eigenvalue weighted by Crippen LogP contribution is -2.06. The molecule has 0 radical (unpaired) electrons. The zero-order chi connectivity index (χ0) is 15.0. The van der Waals surface area contributed by atoms with Gasteiger partial charge in [0.15, 0.2) is 11.5 Å². The number of aromatic nitrogens is 4. The molecule has 1 aromatic carbocycles. The lowest BCUT2D eigenvalue weighted by atomic mass is 10.1. The van der Waals surface area contributed by atoms with Crippen molar-refractivity contribution >= 4 is 28.6 Å². The third-order valence-electron chi connectivity index (χ3n) is 3.20. The first-order valence-corrected chi connectivity index (χ1v) is 6.76. The van der Waals surface area contributed by atoms with Crippen LogP contribution >= 0.6 is 11.6 Å². The lowest BCUT2D eigenvalue weighted by Gasteiger charge is -2.09. The number of hydrogen-bond acceptors (Lipinski definition) is 4. The fourth-order valence-electron chi connectivity index (χ4n) is 2.13. The topological polar surface area (TPSA) is 55.6 Å². The minimum Gasteiger partial charge on any atom is -0.364 e. The highest BCUT2D eigenvalue weighted by Crippen LogP contribution is 2.21. The molecule has 0 aliphatic rings. The van der Waals surface area contributed by atoms with Crippen LogP contribution in [0.5, 0.6) is 0 Å². The normalized spacial score (nSPS) is 11.0. The van der Waals surface area contributed by atoms with E-state index in [2.05, 4.69) is 20.3 Å². The number of rotatable bonds is 3. The van der Waals surface area contributed by atoms with E-state index in [-0.39, 0.29) is 11.1 Å². The summed E-state index contributed by atoms with van der Waals surface area (Å²) in [5.41, 5.74) is 2.68. The summed E-state index contributed by atoms with van der Waals surface area (Å²) in [5, 5.41) is 3.20. The molecule has 0 atom stereocenters. The van der Waals surface area contributed by atoms with Gasteiger partial charge in [-0.05, 0) is 30.2 Å². The number of fused-ring (bicyclic) bond motifs is 1. The van der Waals surface area contributed by atoms with Crippen molar-refractivity contribution in [1.82, 2.24) is 19.5 Å². The molecule has 0 unspecified atom stereocenters. The molecule has 3 rings (SSSR count). The molecule has 21 heavy (non-hydrogen) atoms. The highest BCUT2D eigenvalue weighted by atomic mass is 35.5. The first-order valence-electron chi connectivity index (χ1n) is 6.38. The van der Waals surface area contributed by atoms with Crippen LogP contribution in [0.15, 0.2) is 24.5 Å². The summed E-state index contributed by atoms with van der Waals surface area (Å²) in [6.45, 7) is 2.16. The van der Waals surface area contributed by atoms with Gasteiger partial charge in [0.25, 0.3) is 0 Å². The number of benzene rings is 1. The highest BCUT2D eigenvalue weighted by molar-refractivity contribution is 6.28. The number of halogens is 2. The van der Waals surface area contributed by atoms with Gasteiger partial charge in [0.1, 0.15) is 11.3 Å². The Morgan fingerprint density at radius 1 is 1.33 bits per heavy atom. The number of anilines is 1. The Hall–Kier alpha value is -2.21. The maximum atomic E-state index is 13.8. The molecule has 2 aromatic heterocycles. The van der Waals surface area contributed by atoms with Gasteiger partial charge in [0.2, 0.25) is 5.28 Å². The van der Waals surface area contributed by atoms with Gasteiger partial charge in [-0.25, -0.2) is 9.37 Å². The van der Waals surface area contributed by atoms with Crippen LogP contribution in [-0.4, -0.2) is 19.5 Å². The van der Waals surface area contributed by atoms with Crippen molar-refractivity contribution in [3.63, 3.8) is 0 Å². The minimum absolute atomic E-state index is 0.105. The van der Waals surface area contributed by atoms with Gasteiger partial charge in [0, 0.05) is 19.2 Å². The van der Waals surface area contributed by atoms with E-state index in [1.54, 1.807) is 17.0 Å². The van der Waals surface area contributed by atoms with E-state index in [1.807, 2.05) is 20.0 Å². The molecular weight excluding hydrogens is 293 g/mol. The molecule has 0 fully saturated rings. The second-order valence-corrected chi connectivity index (χ2v) is 5.16. The summed E-state index contributed by atoms with van der Waals surface area (Å²) in [6.07, 6.45) is 1.63. The van der Waals surface area contributed by atoms with Crippen molar-refractivity contribution in [2.75, 3.05) is 5.32 Å². The van der Waals surface area contributed by atoms with Crippen molar-refractivity contribution < 1.29 is 4.39 Å². The first-order chi connectivity index (χ1) is 10.0. The van der Waals surface area contributed by atoms with Gasteiger partial charge in [-0.3, -0.25) is 0 Å². The predicted octanol–water partition coefficient (Wildman–Crippen LogP) is 3.08. The molecule has 0 saturated carbocycles. The van der Waals surface area contributed by atoms with Crippen LogP contribution in [0.3, 0.4) is 0 Å². The molecule has 3 aromatic rings. The third kappa shape index (κ3) is 2.67. The summed E-state index contributed by atoms with van der Waals surface area (Å²) in [6, 6.07) is 5.12. The summed E-state index contributed by atoms with van der Waals surface area (Å²) >= 11 is 5.88. The van der Waals surface area contributed by atoms with E-state index < -0.39 is 0 Å². The highest BCUT2D eigenvalue weighted by Gasteiger charge is 2.12. The summed E-state index contributed by atoms with van der Waals surface area (Å²) in [5.74, 6) is 0.286. The van der Waals surface area contributed by atoms with Crippen LogP contribution in [0.25, 0.3) is 11.2 Å². The molecule has 2 heterocycles. The van der Waals surface area contributed by atoms with Gasteiger partial charge >= 0.3 is 0 Å². The quantitative estimate of drug-likeness (QED) is 0.756. The molecular formula is C14H13ClFN5. The summed E-state index contributed by atoms with van der Waals surface area (Å²) in [7, 11) is 1.84. The molecule has 0 amide bonds. The van der Waals surface area contributed by atoms with Crippen LogP contribution in [0.4, 0.5) is 10.2 Å². The molecule has 108 valence electrons. The van der Waals surface area contributed by atoms with Gasteiger partial charge in [0.05, 0.1) is 6.33 Å². The zero-order valence-electron chi connectivity index (χ0n) is 11.6. The monoisotopic (exact) mass is 305 g/mol. The molecule has 5 nitrogen and oxygen atoms in total. The fourth-order valence-corrected chi connectivity index (χ4v) is 2.29. The van der Waals surface area contributed by atoms with Crippen molar-refractivity contribution in [2.45, 2.75) is 13.5 Å². The number of nitrogens with one attached hydrogen (secondary N) is 1. The second kappa shape index (κ2) is 5.29. The average molecular weight is 306 g/mol. The molecule has 0 saturated heterocycles. The van der Waals surface area contributed by atoms with Gasteiger partial charge < -0.3 is 9.88 Å². The number of nitrogens with zero attached hydrogens (tertiary/aromatic N) is 4. The Labute approximate surface area is 125 Å². The van der Waals surface area contributed by atoms with Gasteiger partial charge in [-0.2, -0.15) is 9.97 Å². The SMILES string of the molecule is Cc1ccc(CNc2nc(Cl)nc3ncn(C)c23)c(F)c1. The number of imidazole rings is 1. The average Bonchev–Trinajstić information content (AvgIpc) is 2.79. The largest absolute Gasteiger partial charge is 0.364 e. The van der Waals surface area contributed by atoms with Crippen LogP contribution < -0.4 is 5.32 Å². The second-order valence-electron chi connectivity index (χ2n) is 4.82. The Morgan fingerprint density at radius 2 is 2.14 bits per heavy atom. The first kappa shape index (κ1) is 13.8. The van der Waals surface area contributed by atoms with Crippen LogP contribution in [0, 0.1) is 12.7 Å². The molecule has 0 aliphatic carbocycles. The van der Waals surface area contributed by atoms with Crippen molar-refractivity contribution in [3.05, 3.63) is 46.8 Å². The molecule has 1 N–H and O–H groups in total. The summed E-state index contributed by atoms with van der Waals surface area (Å²) in [4.78, 5) is 12.3. The van der Waals surface area contributed by atoms with E-state index >= 15 is 0 Å². The molecule has 7 heteroatoms. The van der Waals surface area contributed by atoms with E-state index in [9.17, 15) is 4.39 Å². The standard InChI is InChI=1S/C14H13ClFN5/c1-8-3-4-9(10(16)5-8)6-17-12-11-13(18-7-21(11)2)20-14(15)19-12/h3-5,7H,6H2,1-2H3,(H,17,19,20). The van der Waals surface area contributed by atoms with Crippen LogP contribution in [0.1, 0.15) is 11.1 Å². The Balaban J connectivity index is 1.93. The van der Waals surface area contributed by atoms with E-state index in [4.69, 9.17) is 11.6 Å². The maximum Gasteiger partial charge on any atom is 0.226 e. The van der Waals surface area contributed by atoms with Crippen LogP contribution in [-0.2, 0) is 13.6 Å². The Bertz CT molecular complexity index is 814. The van der Waals surface area contributed by atoms with Crippen molar-refractivity contribution in [3.8, 4) is 0 Å². The molecule has 0 bridgehead atoms. The molecule has 0 spiro atoms. The van der Waals surface area contributed by atoms with E-state index in [0.29, 0.717) is 23.6 Å². The Morgan fingerprint density at radius 3 is 2.90 bits per heavy atom. The minimum atomic E-state index is -0.246. The number of hydrogen-bond donors (Lipinski definition) is 1. The van der Waals surface area contributed by atoms with Gasteiger partial charge in [-0.1, -0.05) is 12.1 Å². The predicted molar refractivity (Wildman–Crippen MR) is 79.8 cm³/mol. The maximum absolute atomic E-state index is 13.8.